The van der Waals surface area contributed by atoms with Gasteiger partial charge in [0.1, 0.15) is 5.75 Å². The van der Waals surface area contributed by atoms with Crippen LogP contribution in [0.1, 0.15) is 26.3 Å². The highest BCUT2D eigenvalue weighted by atomic mass is 32.1. The standard InChI is InChI=1S/C22H25N3O5S/c1-29-20(27)16-11-17(21(28)30-2)13-18(12-16)23-22(31)25-8-6-24(7-9-25)14-15-4-3-5-19(26)10-15/h3-5,10-13,26H,6-9,14H2,1-2H3,(H,23,31). The number of ether oxygens (including phenoxy) is 2. The highest BCUT2D eigenvalue weighted by Crippen LogP contribution is 2.19. The van der Waals surface area contributed by atoms with Gasteiger partial charge in [-0.3, -0.25) is 4.90 Å². The molecule has 0 saturated carbocycles. The first kappa shape index (κ1) is 22.5. The number of benzene rings is 2. The van der Waals surface area contributed by atoms with Crippen LogP contribution in [0.3, 0.4) is 0 Å². The van der Waals surface area contributed by atoms with E-state index in [-0.39, 0.29) is 16.9 Å². The van der Waals surface area contributed by atoms with Gasteiger partial charge in [-0.25, -0.2) is 9.59 Å². The third kappa shape index (κ3) is 5.93. The number of esters is 2. The van der Waals surface area contributed by atoms with Gasteiger partial charge in [-0.2, -0.15) is 0 Å². The predicted octanol–water partition coefficient (Wildman–Crippen LogP) is 2.48. The largest absolute Gasteiger partial charge is 0.508 e. The van der Waals surface area contributed by atoms with Gasteiger partial charge in [0.2, 0.25) is 0 Å². The molecule has 0 radical (unpaired) electrons. The summed E-state index contributed by atoms with van der Waals surface area (Å²) < 4.78 is 9.53. The Morgan fingerprint density at radius 3 is 2.16 bits per heavy atom. The predicted molar refractivity (Wildman–Crippen MR) is 120 cm³/mol. The van der Waals surface area contributed by atoms with Crippen LogP contribution in [-0.4, -0.2) is 72.4 Å². The number of piperazine rings is 1. The normalized spacial score (nSPS) is 14.1. The molecule has 31 heavy (non-hydrogen) atoms. The highest BCUT2D eigenvalue weighted by Gasteiger charge is 2.20. The van der Waals surface area contributed by atoms with Crippen molar-refractivity contribution in [3.05, 3.63) is 59.2 Å². The maximum Gasteiger partial charge on any atom is 0.337 e. The number of carbonyl (C=O) groups excluding carboxylic acids is 2. The number of methoxy groups -OCH3 is 2. The molecule has 0 atom stereocenters. The summed E-state index contributed by atoms with van der Waals surface area (Å²) in [5.41, 5.74) is 2.03. The average molecular weight is 444 g/mol. The molecular formula is C22H25N3O5S. The summed E-state index contributed by atoms with van der Waals surface area (Å²) in [5, 5.41) is 13.2. The third-order valence-electron chi connectivity index (χ3n) is 5.00. The fourth-order valence-corrected chi connectivity index (χ4v) is 3.70. The molecule has 9 heteroatoms. The number of hydrogen-bond acceptors (Lipinski definition) is 7. The summed E-state index contributed by atoms with van der Waals surface area (Å²) >= 11 is 5.55. The number of anilines is 1. The molecular weight excluding hydrogens is 418 g/mol. The van der Waals surface area contributed by atoms with Gasteiger partial charge < -0.3 is 24.8 Å². The fraction of sp³-hybridized carbons (Fsp3) is 0.318. The van der Waals surface area contributed by atoms with Crippen molar-refractivity contribution in [2.24, 2.45) is 0 Å². The lowest BCUT2D eigenvalue weighted by Gasteiger charge is -2.36. The topological polar surface area (TPSA) is 91.3 Å². The van der Waals surface area contributed by atoms with Gasteiger partial charge in [-0.15, -0.1) is 0 Å². The molecule has 1 aliphatic heterocycles. The Balaban J connectivity index is 1.62. The molecule has 1 fully saturated rings. The zero-order valence-electron chi connectivity index (χ0n) is 17.5. The van der Waals surface area contributed by atoms with E-state index in [9.17, 15) is 14.7 Å². The highest BCUT2D eigenvalue weighted by molar-refractivity contribution is 7.80. The lowest BCUT2D eigenvalue weighted by Crippen LogP contribution is -2.49. The van der Waals surface area contributed by atoms with E-state index in [1.54, 1.807) is 24.3 Å². The number of phenols is 1. The number of nitrogens with zero attached hydrogens (tertiary/aromatic N) is 2. The Labute approximate surface area is 186 Å². The Morgan fingerprint density at radius 2 is 1.61 bits per heavy atom. The zero-order chi connectivity index (χ0) is 22.4. The van der Waals surface area contributed by atoms with Gasteiger partial charge in [0.15, 0.2) is 5.11 Å². The van der Waals surface area contributed by atoms with Crippen molar-refractivity contribution in [2.75, 3.05) is 45.7 Å². The lowest BCUT2D eigenvalue weighted by atomic mass is 10.1. The van der Waals surface area contributed by atoms with Gasteiger partial charge in [0.05, 0.1) is 25.3 Å². The molecule has 1 aliphatic rings. The molecule has 0 amide bonds. The molecule has 3 rings (SSSR count). The van der Waals surface area contributed by atoms with Crippen molar-refractivity contribution in [2.45, 2.75) is 6.54 Å². The van der Waals surface area contributed by atoms with Gasteiger partial charge >= 0.3 is 11.9 Å². The minimum Gasteiger partial charge on any atom is -0.508 e. The molecule has 1 saturated heterocycles. The maximum absolute atomic E-state index is 12.0. The Hall–Kier alpha value is -3.17. The Kier molecular flexibility index (Phi) is 7.43. The molecule has 1 heterocycles. The molecule has 164 valence electrons. The number of thiocarbonyl (C=S) groups is 1. The van der Waals surface area contributed by atoms with Crippen LogP contribution >= 0.6 is 12.2 Å². The van der Waals surface area contributed by atoms with Crippen LogP contribution in [0.15, 0.2) is 42.5 Å². The zero-order valence-corrected chi connectivity index (χ0v) is 18.3. The maximum atomic E-state index is 12.0. The van der Waals surface area contributed by atoms with Crippen LogP contribution in [0.5, 0.6) is 5.75 Å². The van der Waals surface area contributed by atoms with E-state index in [0.717, 1.165) is 38.3 Å². The average Bonchev–Trinajstić information content (AvgIpc) is 2.78. The Morgan fingerprint density at radius 1 is 1.00 bits per heavy atom. The number of phenolic OH excluding ortho intramolecular Hbond substituents is 1. The number of aromatic hydroxyl groups is 1. The van der Waals surface area contributed by atoms with E-state index in [4.69, 9.17) is 21.7 Å². The minimum atomic E-state index is -0.555. The second-order valence-corrected chi connectivity index (χ2v) is 7.53. The van der Waals surface area contributed by atoms with E-state index in [0.29, 0.717) is 10.8 Å². The molecule has 0 bridgehead atoms. The van der Waals surface area contributed by atoms with Crippen LogP contribution in [0, 0.1) is 0 Å². The van der Waals surface area contributed by atoms with Gasteiger partial charge in [0, 0.05) is 38.4 Å². The second-order valence-electron chi connectivity index (χ2n) is 7.15. The summed E-state index contributed by atoms with van der Waals surface area (Å²) in [6, 6.07) is 11.9. The molecule has 0 aliphatic carbocycles. The first-order valence-corrected chi connectivity index (χ1v) is 10.2. The van der Waals surface area contributed by atoms with E-state index in [1.807, 2.05) is 17.0 Å². The Bertz CT molecular complexity index is 939. The first-order chi connectivity index (χ1) is 14.9. The van der Waals surface area contributed by atoms with Crippen LogP contribution < -0.4 is 5.32 Å². The second kappa shape index (κ2) is 10.2. The fourth-order valence-electron chi connectivity index (χ4n) is 3.40. The van der Waals surface area contributed by atoms with Crippen molar-refractivity contribution in [1.82, 2.24) is 9.80 Å². The van der Waals surface area contributed by atoms with E-state index in [2.05, 4.69) is 10.2 Å². The van der Waals surface area contributed by atoms with Gasteiger partial charge in [0.25, 0.3) is 0 Å². The number of rotatable bonds is 5. The molecule has 2 aromatic carbocycles. The van der Waals surface area contributed by atoms with Crippen LogP contribution in [-0.2, 0) is 16.0 Å². The van der Waals surface area contributed by atoms with Crippen molar-refractivity contribution in [1.29, 1.82) is 0 Å². The summed E-state index contributed by atoms with van der Waals surface area (Å²) in [5.74, 6) is -0.845. The van der Waals surface area contributed by atoms with Crippen molar-refractivity contribution < 1.29 is 24.2 Å². The SMILES string of the molecule is COC(=O)c1cc(NC(=S)N2CCN(Cc3cccc(O)c3)CC2)cc(C(=O)OC)c1. The lowest BCUT2D eigenvalue weighted by molar-refractivity contribution is 0.0599. The third-order valence-corrected chi connectivity index (χ3v) is 5.36. The van der Waals surface area contributed by atoms with Gasteiger partial charge in [-0.05, 0) is 48.1 Å². The monoisotopic (exact) mass is 443 g/mol. The first-order valence-electron chi connectivity index (χ1n) is 9.77. The van der Waals surface area contributed by atoms with Gasteiger partial charge in [-0.1, -0.05) is 12.1 Å². The van der Waals surface area contributed by atoms with Crippen LogP contribution in [0.25, 0.3) is 0 Å². The minimum absolute atomic E-state index is 0.228. The summed E-state index contributed by atoms with van der Waals surface area (Å²) in [6.45, 7) is 3.84. The van der Waals surface area contributed by atoms with Crippen molar-refractivity contribution in [3.63, 3.8) is 0 Å². The summed E-state index contributed by atoms with van der Waals surface area (Å²) in [7, 11) is 2.56. The number of hydrogen-bond donors (Lipinski definition) is 2. The smallest absolute Gasteiger partial charge is 0.337 e. The number of carbonyl (C=O) groups is 2. The molecule has 0 aromatic heterocycles. The van der Waals surface area contributed by atoms with E-state index >= 15 is 0 Å². The summed E-state index contributed by atoms with van der Waals surface area (Å²) in [4.78, 5) is 28.2. The van der Waals surface area contributed by atoms with Crippen LogP contribution in [0.2, 0.25) is 0 Å². The van der Waals surface area contributed by atoms with Crippen LogP contribution in [0.4, 0.5) is 5.69 Å². The molecule has 2 aromatic rings. The quantitative estimate of drug-likeness (QED) is 0.534. The van der Waals surface area contributed by atoms with E-state index in [1.165, 1.54) is 20.3 Å². The molecule has 0 spiro atoms. The molecule has 0 unspecified atom stereocenters. The summed E-state index contributed by atoms with van der Waals surface area (Å²) in [6.07, 6.45) is 0. The number of nitrogens with one attached hydrogen (secondary N) is 1. The van der Waals surface area contributed by atoms with Crippen molar-refractivity contribution in [3.8, 4) is 5.75 Å². The van der Waals surface area contributed by atoms with E-state index < -0.39 is 11.9 Å². The molecule has 2 N–H and O–H groups in total. The molecule has 8 nitrogen and oxygen atoms in total. The van der Waals surface area contributed by atoms with Crippen molar-refractivity contribution >= 4 is 35.0 Å².